The number of nitrogens with one attached hydrogen (secondary N) is 1. The van der Waals surface area contributed by atoms with Crippen molar-refractivity contribution in [3.63, 3.8) is 0 Å². The van der Waals surface area contributed by atoms with Gasteiger partial charge in [-0.3, -0.25) is 8.98 Å². The van der Waals surface area contributed by atoms with E-state index in [1.807, 2.05) is 6.92 Å². The summed E-state index contributed by atoms with van der Waals surface area (Å²) in [5.74, 6) is -0.0485. The molecule has 1 amide bonds. The Kier molecular flexibility index (Phi) is 4.21. The highest BCUT2D eigenvalue weighted by atomic mass is 32.2. The molecule has 104 valence electrons. The molecule has 1 aliphatic heterocycles. The van der Waals surface area contributed by atoms with Crippen LogP contribution in [-0.2, 0) is 19.1 Å². The molecule has 5 nitrogen and oxygen atoms in total. The molecule has 1 fully saturated rings. The molecular weight excluding hydrogens is 266 g/mol. The van der Waals surface area contributed by atoms with Crippen molar-refractivity contribution >= 4 is 16.0 Å². The molecule has 0 spiro atoms. The Balaban J connectivity index is 1.97. The molecule has 1 atom stereocenters. The predicted octanol–water partition coefficient (Wildman–Crippen LogP) is 1.37. The van der Waals surface area contributed by atoms with E-state index in [0.717, 1.165) is 18.4 Å². The van der Waals surface area contributed by atoms with Crippen molar-refractivity contribution in [1.82, 2.24) is 5.32 Å². The SMILES string of the molecule is Cc1ccc(S(=O)(=O)OCC2CCCC(=O)N2)cc1. The van der Waals surface area contributed by atoms with Gasteiger partial charge in [-0.2, -0.15) is 8.42 Å². The minimum Gasteiger partial charge on any atom is -0.351 e. The van der Waals surface area contributed by atoms with Gasteiger partial charge in [-0.15, -0.1) is 0 Å². The quantitative estimate of drug-likeness (QED) is 0.847. The van der Waals surface area contributed by atoms with Crippen LogP contribution in [0.2, 0.25) is 0 Å². The van der Waals surface area contributed by atoms with E-state index in [4.69, 9.17) is 4.18 Å². The summed E-state index contributed by atoms with van der Waals surface area (Å²) in [4.78, 5) is 11.3. The van der Waals surface area contributed by atoms with Crippen LogP contribution in [0, 0.1) is 6.92 Å². The topological polar surface area (TPSA) is 72.5 Å². The highest BCUT2D eigenvalue weighted by Gasteiger charge is 2.22. The smallest absolute Gasteiger partial charge is 0.297 e. The van der Waals surface area contributed by atoms with Crippen LogP contribution < -0.4 is 5.32 Å². The maximum atomic E-state index is 11.9. The summed E-state index contributed by atoms with van der Waals surface area (Å²) < 4.78 is 28.9. The van der Waals surface area contributed by atoms with Crippen LogP contribution in [-0.4, -0.2) is 27.0 Å². The van der Waals surface area contributed by atoms with Gasteiger partial charge in [0, 0.05) is 6.42 Å². The van der Waals surface area contributed by atoms with Gasteiger partial charge in [0.05, 0.1) is 17.5 Å². The maximum Gasteiger partial charge on any atom is 0.297 e. The summed E-state index contributed by atoms with van der Waals surface area (Å²) in [6.45, 7) is 1.87. The first-order chi connectivity index (χ1) is 8.97. The summed E-state index contributed by atoms with van der Waals surface area (Å²) in [5.41, 5.74) is 0.985. The van der Waals surface area contributed by atoms with Gasteiger partial charge < -0.3 is 5.32 Å². The number of hydrogen-bond acceptors (Lipinski definition) is 4. The molecule has 1 saturated heterocycles. The molecule has 0 bridgehead atoms. The van der Waals surface area contributed by atoms with Crippen LogP contribution in [0.1, 0.15) is 24.8 Å². The zero-order valence-corrected chi connectivity index (χ0v) is 11.6. The number of carbonyl (C=O) groups is 1. The van der Waals surface area contributed by atoms with Gasteiger partial charge in [0.25, 0.3) is 10.1 Å². The monoisotopic (exact) mass is 283 g/mol. The second-order valence-electron chi connectivity index (χ2n) is 4.71. The summed E-state index contributed by atoms with van der Waals surface area (Å²) in [6.07, 6.45) is 2.01. The summed E-state index contributed by atoms with van der Waals surface area (Å²) in [6, 6.07) is 6.26. The number of aryl methyl sites for hydroxylation is 1. The minimum atomic E-state index is -3.75. The van der Waals surface area contributed by atoms with Gasteiger partial charge in [0.15, 0.2) is 0 Å². The predicted molar refractivity (Wildman–Crippen MR) is 70.1 cm³/mol. The molecule has 1 N–H and O–H groups in total. The van der Waals surface area contributed by atoms with Gasteiger partial charge in [0.2, 0.25) is 5.91 Å². The van der Waals surface area contributed by atoms with Crippen molar-refractivity contribution in [2.24, 2.45) is 0 Å². The van der Waals surface area contributed by atoms with Crippen LogP contribution in [0.4, 0.5) is 0 Å². The molecular formula is C13H17NO4S. The Labute approximate surface area is 113 Å². The van der Waals surface area contributed by atoms with Crippen molar-refractivity contribution in [3.05, 3.63) is 29.8 Å². The molecule has 0 radical (unpaired) electrons. The summed E-state index contributed by atoms with van der Waals surface area (Å²) >= 11 is 0. The van der Waals surface area contributed by atoms with Crippen LogP contribution in [0.15, 0.2) is 29.2 Å². The number of amides is 1. The van der Waals surface area contributed by atoms with E-state index < -0.39 is 10.1 Å². The first-order valence-corrected chi connectivity index (χ1v) is 7.64. The first-order valence-electron chi connectivity index (χ1n) is 6.23. The fourth-order valence-corrected chi connectivity index (χ4v) is 2.90. The Bertz CT molecular complexity index is 551. The fourth-order valence-electron chi connectivity index (χ4n) is 1.95. The Morgan fingerprint density at radius 2 is 2.00 bits per heavy atom. The van der Waals surface area contributed by atoms with E-state index in [-0.39, 0.29) is 23.5 Å². The van der Waals surface area contributed by atoms with E-state index in [1.54, 1.807) is 12.1 Å². The molecule has 0 aliphatic carbocycles. The molecule has 1 heterocycles. The molecule has 1 aromatic carbocycles. The summed E-state index contributed by atoms with van der Waals surface area (Å²) in [5, 5.41) is 2.72. The van der Waals surface area contributed by atoms with E-state index in [0.29, 0.717) is 6.42 Å². The van der Waals surface area contributed by atoms with Gasteiger partial charge in [-0.25, -0.2) is 0 Å². The summed E-state index contributed by atoms with van der Waals surface area (Å²) in [7, 11) is -3.75. The third kappa shape index (κ3) is 3.78. The lowest BCUT2D eigenvalue weighted by atomic mass is 10.1. The Morgan fingerprint density at radius 1 is 1.32 bits per heavy atom. The van der Waals surface area contributed by atoms with E-state index in [9.17, 15) is 13.2 Å². The fraction of sp³-hybridized carbons (Fsp3) is 0.462. The zero-order valence-electron chi connectivity index (χ0n) is 10.8. The lowest BCUT2D eigenvalue weighted by Crippen LogP contribution is -2.42. The highest BCUT2D eigenvalue weighted by Crippen LogP contribution is 2.15. The van der Waals surface area contributed by atoms with Crippen LogP contribution in [0.5, 0.6) is 0 Å². The lowest BCUT2D eigenvalue weighted by Gasteiger charge is -2.22. The number of hydrogen-bond donors (Lipinski definition) is 1. The second-order valence-corrected chi connectivity index (χ2v) is 6.32. The van der Waals surface area contributed by atoms with Crippen molar-refractivity contribution in [3.8, 4) is 0 Å². The van der Waals surface area contributed by atoms with Gasteiger partial charge in [-0.1, -0.05) is 17.7 Å². The normalized spacial score (nSPS) is 20.1. The number of benzene rings is 1. The molecule has 0 aromatic heterocycles. The van der Waals surface area contributed by atoms with Gasteiger partial charge in [0.1, 0.15) is 0 Å². The molecule has 1 aromatic rings. The third-order valence-corrected chi connectivity index (χ3v) is 4.35. The van der Waals surface area contributed by atoms with Gasteiger partial charge >= 0.3 is 0 Å². The van der Waals surface area contributed by atoms with E-state index in [1.165, 1.54) is 12.1 Å². The Hall–Kier alpha value is -1.40. The van der Waals surface area contributed by atoms with Crippen LogP contribution in [0.25, 0.3) is 0 Å². The van der Waals surface area contributed by atoms with Crippen molar-refractivity contribution in [2.75, 3.05) is 6.61 Å². The van der Waals surface area contributed by atoms with Crippen molar-refractivity contribution in [2.45, 2.75) is 37.1 Å². The molecule has 1 aliphatic rings. The average Bonchev–Trinajstić information content (AvgIpc) is 2.37. The molecule has 2 rings (SSSR count). The van der Waals surface area contributed by atoms with Crippen LogP contribution >= 0.6 is 0 Å². The van der Waals surface area contributed by atoms with Crippen molar-refractivity contribution in [1.29, 1.82) is 0 Å². The Morgan fingerprint density at radius 3 is 2.63 bits per heavy atom. The van der Waals surface area contributed by atoms with E-state index >= 15 is 0 Å². The first kappa shape index (κ1) is 14.0. The second kappa shape index (κ2) is 5.71. The largest absolute Gasteiger partial charge is 0.351 e. The molecule has 1 unspecified atom stereocenters. The molecule has 19 heavy (non-hydrogen) atoms. The van der Waals surface area contributed by atoms with Crippen molar-refractivity contribution < 1.29 is 17.4 Å². The van der Waals surface area contributed by atoms with Gasteiger partial charge in [-0.05, 0) is 31.9 Å². The van der Waals surface area contributed by atoms with E-state index in [2.05, 4.69) is 5.32 Å². The standard InChI is InChI=1S/C13H17NO4S/c1-10-5-7-12(8-6-10)19(16,17)18-9-11-3-2-4-13(15)14-11/h5-8,11H,2-4,9H2,1H3,(H,14,15). The molecule has 6 heteroatoms. The van der Waals surface area contributed by atoms with Crippen LogP contribution in [0.3, 0.4) is 0 Å². The third-order valence-electron chi connectivity index (χ3n) is 3.06. The minimum absolute atomic E-state index is 0.0120. The number of carbonyl (C=O) groups excluding carboxylic acids is 1. The zero-order chi connectivity index (χ0) is 13.9. The highest BCUT2D eigenvalue weighted by molar-refractivity contribution is 7.86. The number of rotatable bonds is 4. The lowest BCUT2D eigenvalue weighted by molar-refractivity contribution is -0.123. The average molecular weight is 283 g/mol. The number of piperidine rings is 1. The maximum absolute atomic E-state index is 11.9. The molecule has 0 saturated carbocycles.